The van der Waals surface area contributed by atoms with Crippen molar-refractivity contribution in [2.45, 2.75) is 19.6 Å². The van der Waals surface area contributed by atoms with Gasteiger partial charge in [0.1, 0.15) is 0 Å². The van der Waals surface area contributed by atoms with E-state index in [0.717, 1.165) is 24.5 Å². The monoisotopic (exact) mass is 351 g/mol. The molecule has 4 nitrogen and oxygen atoms in total. The molecule has 1 aliphatic rings. The molecule has 0 bridgehead atoms. The van der Waals surface area contributed by atoms with Crippen LogP contribution in [0.1, 0.15) is 27.0 Å². The maximum atomic E-state index is 12.3. The van der Waals surface area contributed by atoms with Crippen molar-refractivity contribution in [3.05, 3.63) is 88.6 Å². The van der Waals surface area contributed by atoms with Gasteiger partial charge >= 0.3 is 0 Å². The molecule has 0 radical (unpaired) electrons. The third kappa shape index (κ3) is 4.59. The molecule has 1 aliphatic heterocycles. The third-order valence-corrected chi connectivity index (χ3v) is 4.46. The van der Waals surface area contributed by atoms with E-state index in [1.807, 2.05) is 36.7 Å². The van der Waals surface area contributed by atoms with Crippen molar-refractivity contribution >= 4 is 18.5 Å². The minimum Gasteiger partial charge on any atom is -0.347 e. The number of thiol groups is 1. The SMILES string of the molecule is C=C/C=C(\S)CNC(=O)c1ccc2c(c1)CN(Cc1ccncc1)C2. The van der Waals surface area contributed by atoms with Crippen LogP contribution in [0.2, 0.25) is 0 Å². The van der Waals surface area contributed by atoms with Crippen LogP contribution >= 0.6 is 12.6 Å². The number of amides is 1. The number of hydrogen-bond acceptors (Lipinski definition) is 4. The number of rotatable bonds is 6. The zero-order valence-corrected chi connectivity index (χ0v) is 14.9. The topological polar surface area (TPSA) is 45.2 Å². The molecule has 0 saturated carbocycles. The molecule has 5 heteroatoms. The van der Waals surface area contributed by atoms with Gasteiger partial charge in [-0.15, -0.1) is 12.6 Å². The van der Waals surface area contributed by atoms with Crippen molar-refractivity contribution in [1.29, 1.82) is 0 Å². The van der Waals surface area contributed by atoms with Gasteiger partial charge in [0.25, 0.3) is 5.91 Å². The van der Waals surface area contributed by atoms with Crippen LogP contribution in [0, 0.1) is 0 Å². The Morgan fingerprint density at radius 1 is 1.24 bits per heavy atom. The molecular weight excluding hydrogens is 330 g/mol. The van der Waals surface area contributed by atoms with Crippen LogP contribution in [0.5, 0.6) is 0 Å². The van der Waals surface area contributed by atoms with Crippen LogP contribution in [0.3, 0.4) is 0 Å². The number of carbonyl (C=O) groups is 1. The molecule has 2 aromatic rings. The van der Waals surface area contributed by atoms with Gasteiger partial charge in [-0.25, -0.2) is 0 Å². The van der Waals surface area contributed by atoms with E-state index in [4.69, 9.17) is 0 Å². The minimum absolute atomic E-state index is 0.0839. The van der Waals surface area contributed by atoms with Crippen molar-refractivity contribution in [2.24, 2.45) is 0 Å². The molecule has 0 atom stereocenters. The van der Waals surface area contributed by atoms with Gasteiger partial charge in [0.2, 0.25) is 0 Å². The Hall–Kier alpha value is -2.37. The number of allylic oxidation sites excluding steroid dienone is 2. The number of benzene rings is 1. The highest BCUT2D eigenvalue weighted by atomic mass is 32.1. The summed E-state index contributed by atoms with van der Waals surface area (Å²) in [5.74, 6) is -0.0839. The Kier molecular flexibility index (Phi) is 5.68. The molecule has 25 heavy (non-hydrogen) atoms. The van der Waals surface area contributed by atoms with Gasteiger partial charge in [0.15, 0.2) is 0 Å². The fourth-order valence-corrected chi connectivity index (χ4v) is 3.12. The summed E-state index contributed by atoms with van der Waals surface area (Å²) in [7, 11) is 0. The molecule has 1 N–H and O–H groups in total. The largest absolute Gasteiger partial charge is 0.347 e. The fraction of sp³-hybridized carbons (Fsp3) is 0.200. The zero-order chi connectivity index (χ0) is 17.6. The first kappa shape index (κ1) is 17.5. The molecule has 3 rings (SSSR count). The lowest BCUT2D eigenvalue weighted by molar-refractivity contribution is 0.0957. The normalized spacial score (nSPS) is 14.2. The Bertz CT molecular complexity index is 802. The van der Waals surface area contributed by atoms with E-state index in [9.17, 15) is 4.79 Å². The summed E-state index contributed by atoms with van der Waals surface area (Å²) in [5, 5.41) is 2.87. The van der Waals surface area contributed by atoms with E-state index in [1.165, 1.54) is 16.7 Å². The van der Waals surface area contributed by atoms with Crippen LogP contribution in [0.15, 0.2) is 66.4 Å². The van der Waals surface area contributed by atoms with Crippen molar-refractivity contribution in [3.8, 4) is 0 Å². The van der Waals surface area contributed by atoms with E-state index in [2.05, 4.69) is 40.5 Å². The Labute approximate surface area is 153 Å². The second-order valence-corrected chi connectivity index (χ2v) is 6.63. The molecule has 128 valence electrons. The van der Waals surface area contributed by atoms with Gasteiger partial charge in [-0.05, 0) is 41.0 Å². The molecule has 0 fully saturated rings. The molecule has 2 heterocycles. The van der Waals surface area contributed by atoms with Crippen LogP contribution in [0.4, 0.5) is 0 Å². The van der Waals surface area contributed by atoms with Gasteiger partial charge in [0.05, 0.1) is 0 Å². The van der Waals surface area contributed by atoms with Crippen LogP contribution in [-0.2, 0) is 19.6 Å². The average Bonchev–Trinajstić information content (AvgIpc) is 3.02. The van der Waals surface area contributed by atoms with Crippen LogP contribution < -0.4 is 5.32 Å². The Balaban J connectivity index is 1.62. The van der Waals surface area contributed by atoms with Gasteiger partial charge in [0, 0.05) is 49.0 Å². The Morgan fingerprint density at radius 2 is 2.00 bits per heavy atom. The van der Waals surface area contributed by atoms with Crippen molar-refractivity contribution in [2.75, 3.05) is 6.54 Å². The lowest BCUT2D eigenvalue weighted by Gasteiger charge is -2.14. The highest BCUT2D eigenvalue weighted by Gasteiger charge is 2.20. The first-order valence-corrected chi connectivity index (χ1v) is 8.62. The lowest BCUT2D eigenvalue weighted by Crippen LogP contribution is -2.24. The quantitative estimate of drug-likeness (QED) is 0.620. The molecule has 1 amide bonds. The van der Waals surface area contributed by atoms with Crippen molar-refractivity contribution in [3.63, 3.8) is 0 Å². The van der Waals surface area contributed by atoms with E-state index >= 15 is 0 Å². The number of nitrogens with zero attached hydrogens (tertiary/aromatic N) is 2. The summed E-state index contributed by atoms with van der Waals surface area (Å²) >= 11 is 4.29. The standard InChI is InChI=1S/C20H21N3OS/c1-2-3-19(25)11-22-20(24)16-4-5-17-13-23(14-18(17)10-16)12-15-6-8-21-9-7-15/h2-10,25H,1,11-14H2,(H,22,24)/b19-3-. The first-order chi connectivity index (χ1) is 12.2. The number of fused-ring (bicyclic) bond motifs is 1. The summed E-state index contributed by atoms with van der Waals surface area (Å²) in [4.78, 5) is 19.5. The lowest BCUT2D eigenvalue weighted by atomic mass is 10.1. The number of nitrogens with one attached hydrogen (secondary N) is 1. The van der Waals surface area contributed by atoms with Crippen molar-refractivity contribution < 1.29 is 4.79 Å². The van der Waals surface area contributed by atoms with Gasteiger partial charge < -0.3 is 5.32 Å². The van der Waals surface area contributed by atoms with Crippen LogP contribution in [0.25, 0.3) is 0 Å². The average molecular weight is 351 g/mol. The smallest absolute Gasteiger partial charge is 0.251 e. The predicted molar refractivity (Wildman–Crippen MR) is 103 cm³/mol. The summed E-state index contributed by atoms with van der Waals surface area (Å²) < 4.78 is 0. The Morgan fingerprint density at radius 3 is 2.76 bits per heavy atom. The molecular formula is C20H21N3OS. The summed E-state index contributed by atoms with van der Waals surface area (Å²) in [6, 6.07) is 10.0. The predicted octanol–water partition coefficient (Wildman–Crippen LogP) is 3.33. The number of hydrogen-bond donors (Lipinski definition) is 2. The van der Waals surface area contributed by atoms with E-state index < -0.39 is 0 Å². The fourth-order valence-electron chi connectivity index (χ4n) is 2.93. The molecule has 0 saturated heterocycles. The summed E-state index contributed by atoms with van der Waals surface area (Å²) in [6.45, 7) is 6.66. The van der Waals surface area contributed by atoms with E-state index in [-0.39, 0.29) is 5.91 Å². The highest BCUT2D eigenvalue weighted by Crippen LogP contribution is 2.25. The molecule has 0 aliphatic carbocycles. The van der Waals surface area contributed by atoms with E-state index in [1.54, 1.807) is 12.2 Å². The van der Waals surface area contributed by atoms with Crippen LogP contribution in [-0.4, -0.2) is 22.3 Å². The van der Waals surface area contributed by atoms with Gasteiger partial charge in [-0.1, -0.05) is 24.8 Å². The van der Waals surface area contributed by atoms with E-state index in [0.29, 0.717) is 12.1 Å². The maximum Gasteiger partial charge on any atom is 0.251 e. The summed E-state index contributed by atoms with van der Waals surface area (Å²) in [5.41, 5.74) is 4.43. The van der Waals surface area contributed by atoms with Gasteiger partial charge in [-0.2, -0.15) is 0 Å². The second kappa shape index (κ2) is 8.14. The van der Waals surface area contributed by atoms with Gasteiger partial charge in [-0.3, -0.25) is 14.7 Å². The second-order valence-electron chi connectivity index (χ2n) is 6.06. The molecule has 0 spiro atoms. The minimum atomic E-state index is -0.0839. The maximum absolute atomic E-state index is 12.3. The number of carbonyl (C=O) groups excluding carboxylic acids is 1. The summed E-state index contributed by atoms with van der Waals surface area (Å²) in [6.07, 6.45) is 7.05. The third-order valence-electron chi connectivity index (χ3n) is 4.15. The molecule has 1 aromatic heterocycles. The molecule has 0 unspecified atom stereocenters. The number of pyridine rings is 1. The first-order valence-electron chi connectivity index (χ1n) is 8.17. The highest BCUT2D eigenvalue weighted by molar-refractivity contribution is 7.84. The zero-order valence-electron chi connectivity index (χ0n) is 14.0. The van der Waals surface area contributed by atoms with Crippen molar-refractivity contribution in [1.82, 2.24) is 15.2 Å². The number of aromatic nitrogens is 1. The molecule has 1 aromatic carbocycles.